The highest BCUT2D eigenvalue weighted by molar-refractivity contribution is 5.76. The van der Waals surface area contributed by atoms with Crippen LogP contribution in [-0.2, 0) is 6.54 Å². The SMILES string of the molecule is O=c1cc(CN2CCN(c3ccccc3F)CC2)oc2ccccc12. The van der Waals surface area contributed by atoms with Gasteiger partial charge in [-0.05, 0) is 24.3 Å². The van der Waals surface area contributed by atoms with Gasteiger partial charge >= 0.3 is 0 Å². The third-order valence-electron chi connectivity index (χ3n) is 4.63. The van der Waals surface area contributed by atoms with Crippen molar-refractivity contribution in [1.82, 2.24) is 4.90 Å². The van der Waals surface area contributed by atoms with Crippen LogP contribution in [0, 0.1) is 5.82 Å². The van der Waals surface area contributed by atoms with E-state index in [1.54, 1.807) is 18.2 Å². The molecule has 25 heavy (non-hydrogen) atoms. The molecule has 3 aromatic rings. The summed E-state index contributed by atoms with van der Waals surface area (Å²) in [6, 6.07) is 15.7. The summed E-state index contributed by atoms with van der Waals surface area (Å²) in [7, 11) is 0. The molecule has 2 aromatic carbocycles. The predicted octanol–water partition coefficient (Wildman–Crippen LogP) is 3.25. The van der Waals surface area contributed by atoms with Crippen molar-refractivity contribution in [2.24, 2.45) is 0 Å². The summed E-state index contributed by atoms with van der Waals surface area (Å²) in [5.74, 6) is 0.486. The van der Waals surface area contributed by atoms with Gasteiger partial charge in [-0.25, -0.2) is 4.39 Å². The van der Waals surface area contributed by atoms with E-state index in [9.17, 15) is 9.18 Å². The summed E-state index contributed by atoms with van der Waals surface area (Å²) in [6.45, 7) is 3.68. The normalized spacial score (nSPS) is 15.6. The third kappa shape index (κ3) is 3.28. The fraction of sp³-hybridized carbons (Fsp3) is 0.250. The molecule has 4 nitrogen and oxygen atoms in total. The van der Waals surface area contributed by atoms with Gasteiger partial charge in [-0.1, -0.05) is 24.3 Å². The van der Waals surface area contributed by atoms with Crippen molar-refractivity contribution in [1.29, 1.82) is 0 Å². The van der Waals surface area contributed by atoms with E-state index in [4.69, 9.17) is 4.42 Å². The molecule has 1 fully saturated rings. The number of halogens is 1. The Morgan fingerprint density at radius 2 is 1.68 bits per heavy atom. The molecule has 0 atom stereocenters. The second kappa shape index (κ2) is 6.69. The van der Waals surface area contributed by atoms with Crippen molar-refractivity contribution in [3.05, 3.63) is 76.4 Å². The zero-order chi connectivity index (χ0) is 17.2. The molecule has 128 valence electrons. The van der Waals surface area contributed by atoms with Crippen LogP contribution in [0.4, 0.5) is 10.1 Å². The topological polar surface area (TPSA) is 36.7 Å². The number of hydrogen-bond acceptors (Lipinski definition) is 4. The van der Waals surface area contributed by atoms with Crippen LogP contribution in [0.3, 0.4) is 0 Å². The minimum atomic E-state index is -0.184. The van der Waals surface area contributed by atoms with Crippen LogP contribution in [0.15, 0.2) is 63.8 Å². The van der Waals surface area contributed by atoms with Crippen molar-refractivity contribution < 1.29 is 8.81 Å². The smallest absolute Gasteiger partial charge is 0.192 e. The van der Waals surface area contributed by atoms with E-state index in [1.807, 2.05) is 30.3 Å². The van der Waals surface area contributed by atoms with Crippen molar-refractivity contribution in [3.63, 3.8) is 0 Å². The van der Waals surface area contributed by atoms with E-state index in [-0.39, 0.29) is 11.2 Å². The first-order valence-electron chi connectivity index (χ1n) is 8.44. The second-order valence-electron chi connectivity index (χ2n) is 6.29. The van der Waals surface area contributed by atoms with Crippen molar-refractivity contribution in [3.8, 4) is 0 Å². The highest BCUT2D eigenvalue weighted by Gasteiger charge is 2.20. The van der Waals surface area contributed by atoms with Crippen LogP contribution in [0.25, 0.3) is 11.0 Å². The Labute approximate surface area is 145 Å². The number of piperazine rings is 1. The average Bonchev–Trinajstić information content (AvgIpc) is 2.63. The average molecular weight is 338 g/mol. The zero-order valence-electron chi connectivity index (χ0n) is 13.8. The van der Waals surface area contributed by atoms with Crippen LogP contribution in [0.5, 0.6) is 0 Å². The molecule has 0 N–H and O–H groups in total. The van der Waals surface area contributed by atoms with Crippen LogP contribution in [-0.4, -0.2) is 31.1 Å². The van der Waals surface area contributed by atoms with Crippen LogP contribution < -0.4 is 10.3 Å². The van der Waals surface area contributed by atoms with E-state index in [0.717, 1.165) is 26.2 Å². The Balaban J connectivity index is 1.45. The molecule has 0 unspecified atom stereocenters. The summed E-state index contributed by atoms with van der Waals surface area (Å²) >= 11 is 0. The van der Waals surface area contributed by atoms with Gasteiger partial charge in [0.25, 0.3) is 0 Å². The summed E-state index contributed by atoms with van der Waals surface area (Å²) < 4.78 is 19.8. The largest absolute Gasteiger partial charge is 0.459 e. The molecule has 0 bridgehead atoms. The number of nitrogens with zero attached hydrogens (tertiary/aromatic N) is 2. The minimum Gasteiger partial charge on any atom is -0.459 e. The maximum absolute atomic E-state index is 13.9. The lowest BCUT2D eigenvalue weighted by Gasteiger charge is -2.35. The molecule has 5 heteroatoms. The van der Waals surface area contributed by atoms with Crippen molar-refractivity contribution in [2.75, 3.05) is 31.1 Å². The molecule has 0 aliphatic carbocycles. The number of rotatable bonds is 3. The predicted molar refractivity (Wildman–Crippen MR) is 96.4 cm³/mol. The molecular formula is C20H19FN2O2. The van der Waals surface area contributed by atoms with E-state index in [0.29, 0.717) is 29.0 Å². The lowest BCUT2D eigenvalue weighted by atomic mass is 10.2. The maximum Gasteiger partial charge on any atom is 0.192 e. The number of fused-ring (bicyclic) bond motifs is 1. The van der Waals surface area contributed by atoms with Gasteiger partial charge in [0.15, 0.2) is 5.43 Å². The van der Waals surface area contributed by atoms with Gasteiger partial charge in [0.1, 0.15) is 17.2 Å². The first kappa shape index (κ1) is 15.8. The van der Waals surface area contributed by atoms with E-state index in [2.05, 4.69) is 9.80 Å². The summed E-state index contributed by atoms with van der Waals surface area (Å²) in [4.78, 5) is 16.5. The van der Waals surface area contributed by atoms with Gasteiger partial charge in [0.2, 0.25) is 0 Å². The van der Waals surface area contributed by atoms with E-state index < -0.39 is 0 Å². The van der Waals surface area contributed by atoms with Crippen molar-refractivity contribution in [2.45, 2.75) is 6.54 Å². The number of benzene rings is 2. The molecule has 0 amide bonds. The lowest BCUT2D eigenvalue weighted by Crippen LogP contribution is -2.46. The monoisotopic (exact) mass is 338 g/mol. The maximum atomic E-state index is 13.9. The molecule has 2 heterocycles. The molecule has 1 saturated heterocycles. The third-order valence-corrected chi connectivity index (χ3v) is 4.63. The van der Waals surface area contributed by atoms with Crippen LogP contribution in [0.2, 0.25) is 0 Å². The summed E-state index contributed by atoms with van der Waals surface area (Å²) in [5.41, 5.74) is 1.26. The number of hydrogen-bond donors (Lipinski definition) is 0. The van der Waals surface area contributed by atoms with Gasteiger partial charge in [-0.2, -0.15) is 0 Å². The van der Waals surface area contributed by atoms with Gasteiger partial charge in [-0.3, -0.25) is 9.69 Å². The number of anilines is 1. The van der Waals surface area contributed by atoms with E-state index >= 15 is 0 Å². The highest BCUT2D eigenvalue weighted by Crippen LogP contribution is 2.21. The lowest BCUT2D eigenvalue weighted by molar-refractivity contribution is 0.231. The fourth-order valence-corrected chi connectivity index (χ4v) is 3.31. The van der Waals surface area contributed by atoms with Crippen LogP contribution >= 0.6 is 0 Å². The van der Waals surface area contributed by atoms with Gasteiger partial charge in [0.05, 0.1) is 17.6 Å². The molecule has 0 saturated carbocycles. The standard InChI is InChI=1S/C20H19FN2O2/c21-17-6-2-3-7-18(17)23-11-9-22(10-12-23)14-15-13-19(24)16-5-1-4-8-20(16)25-15/h1-8,13H,9-12,14H2. The fourth-order valence-electron chi connectivity index (χ4n) is 3.31. The minimum absolute atomic E-state index is 0.0122. The quantitative estimate of drug-likeness (QED) is 0.735. The first-order valence-corrected chi connectivity index (χ1v) is 8.44. The Kier molecular flexibility index (Phi) is 4.24. The molecule has 1 aliphatic heterocycles. The highest BCUT2D eigenvalue weighted by atomic mass is 19.1. The van der Waals surface area contributed by atoms with E-state index in [1.165, 1.54) is 6.07 Å². The summed E-state index contributed by atoms with van der Waals surface area (Å²) in [6.07, 6.45) is 0. The van der Waals surface area contributed by atoms with Gasteiger partial charge in [-0.15, -0.1) is 0 Å². The molecule has 1 aromatic heterocycles. The summed E-state index contributed by atoms with van der Waals surface area (Å²) in [5, 5.41) is 0.607. The molecule has 0 spiro atoms. The Morgan fingerprint density at radius 1 is 0.960 bits per heavy atom. The molecular weight excluding hydrogens is 319 g/mol. The zero-order valence-corrected chi connectivity index (χ0v) is 13.8. The molecule has 4 rings (SSSR count). The van der Waals surface area contributed by atoms with Crippen molar-refractivity contribution >= 4 is 16.7 Å². The number of para-hydroxylation sites is 2. The molecule has 0 radical (unpaired) electrons. The molecule has 1 aliphatic rings. The Hall–Kier alpha value is -2.66. The first-order chi connectivity index (χ1) is 12.2. The van der Waals surface area contributed by atoms with Gasteiger partial charge in [0, 0.05) is 32.2 Å². The Bertz CT molecular complexity index is 946. The van der Waals surface area contributed by atoms with Gasteiger partial charge < -0.3 is 9.32 Å². The Morgan fingerprint density at radius 3 is 2.48 bits per heavy atom. The second-order valence-corrected chi connectivity index (χ2v) is 6.29. The van der Waals surface area contributed by atoms with Crippen LogP contribution in [0.1, 0.15) is 5.76 Å².